The number of hydrogen-bond donors (Lipinski definition) is 2. The van der Waals surface area contributed by atoms with Crippen LogP contribution < -0.4 is 15.4 Å². The number of benzene rings is 1. The average Bonchev–Trinajstić information content (AvgIpc) is 3.08. The summed E-state index contributed by atoms with van der Waals surface area (Å²) in [6.07, 6.45) is 5.12. The Hall–Kier alpha value is -1.55. The zero-order chi connectivity index (χ0) is 16.3. The quantitative estimate of drug-likeness (QED) is 0.898. The van der Waals surface area contributed by atoms with E-state index in [2.05, 4.69) is 23.6 Å². The average molecular weight is 316 g/mol. The number of amides is 1. The van der Waals surface area contributed by atoms with Gasteiger partial charge in [-0.1, -0.05) is 31.9 Å². The van der Waals surface area contributed by atoms with Crippen molar-refractivity contribution in [3.05, 3.63) is 29.8 Å². The van der Waals surface area contributed by atoms with Crippen molar-refractivity contribution in [1.82, 2.24) is 10.6 Å². The molecule has 2 fully saturated rings. The molecule has 0 radical (unpaired) electrons. The van der Waals surface area contributed by atoms with Crippen LogP contribution in [0.2, 0.25) is 0 Å². The van der Waals surface area contributed by atoms with Gasteiger partial charge < -0.3 is 15.4 Å². The van der Waals surface area contributed by atoms with Crippen LogP contribution in [0, 0.1) is 5.92 Å². The van der Waals surface area contributed by atoms with Crippen LogP contribution in [-0.4, -0.2) is 32.1 Å². The van der Waals surface area contributed by atoms with Crippen molar-refractivity contribution in [2.24, 2.45) is 5.92 Å². The van der Waals surface area contributed by atoms with Crippen LogP contribution >= 0.6 is 0 Å². The van der Waals surface area contributed by atoms with Gasteiger partial charge in [0.25, 0.3) is 0 Å². The molecule has 1 saturated heterocycles. The first kappa shape index (κ1) is 16.3. The van der Waals surface area contributed by atoms with Crippen LogP contribution in [0.4, 0.5) is 0 Å². The van der Waals surface area contributed by atoms with E-state index in [1.165, 1.54) is 0 Å². The number of carbonyl (C=O) groups is 1. The van der Waals surface area contributed by atoms with Crippen molar-refractivity contribution in [2.75, 3.05) is 20.2 Å². The van der Waals surface area contributed by atoms with Crippen molar-refractivity contribution in [3.63, 3.8) is 0 Å². The Labute approximate surface area is 139 Å². The molecule has 1 saturated carbocycles. The highest BCUT2D eigenvalue weighted by Gasteiger charge is 2.43. The fourth-order valence-electron chi connectivity index (χ4n) is 4.08. The molecule has 2 atom stereocenters. The molecule has 3 rings (SSSR count). The molecule has 1 aromatic carbocycles. The maximum absolute atomic E-state index is 13.2. The summed E-state index contributed by atoms with van der Waals surface area (Å²) in [6.45, 7) is 4.18. The predicted octanol–water partition coefficient (Wildman–Crippen LogP) is 2.62. The third-order valence-corrected chi connectivity index (χ3v) is 5.62. The van der Waals surface area contributed by atoms with Gasteiger partial charge in [-0.3, -0.25) is 4.79 Å². The lowest BCUT2D eigenvalue weighted by Gasteiger charge is -2.35. The number of carbonyl (C=O) groups excluding carboxylic acids is 1. The summed E-state index contributed by atoms with van der Waals surface area (Å²) < 4.78 is 5.37. The fourth-order valence-corrected chi connectivity index (χ4v) is 4.08. The Morgan fingerprint density at radius 3 is 2.83 bits per heavy atom. The summed E-state index contributed by atoms with van der Waals surface area (Å²) >= 11 is 0. The first-order valence-corrected chi connectivity index (χ1v) is 8.82. The Kier molecular flexibility index (Phi) is 4.90. The van der Waals surface area contributed by atoms with Gasteiger partial charge in [-0.15, -0.1) is 0 Å². The first-order valence-electron chi connectivity index (χ1n) is 8.82. The molecule has 4 nitrogen and oxygen atoms in total. The molecule has 1 aliphatic carbocycles. The summed E-state index contributed by atoms with van der Waals surface area (Å²) in [6, 6.07) is 8.34. The zero-order valence-electron chi connectivity index (χ0n) is 14.2. The van der Waals surface area contributed by atoms with E-state index in [1.54, 1.807) is 7.11 Å². The summed E-state index contributed by atoms with van der Waals surface area (Å²) in [7, 11) is 1.68. The molecule has 2 unspecified atom stereocenters. The molecule has 0 spiro atoms. The van der Waals surface area contributed by atoms with Crippen LogP contribution in [0.15, 0.2) is 24.3 Å². The summed E-state index contributed by atoms with van der Waals surface area (Å²) in [5.74, 6) is 1.52. The monoisotopic (exact) mass is 316 g/mol. The Balaban J connectivity index is 1.83. The highest BCUT2D eigenvalue weighted by atomic mass is 16.5. The van der Waals surface area contributed by atoms with Crippen LogP contribution in [0.5, 0.6) is 5.75 Å². The molecule has 2 aliphatic rings. The number of ether oxygens (including phenoxy) is 1. The topological polar surface area (TPSA) is 50.4 Å². The maximum Gasteiger partial charge on any atom is 0.230 e. The smallest absolute Gasteiger partial charge is 0.230 e. The van der Waals surface area contributed by atoms with E-state index in [1.807, 2.05) is 18.2 Å². The van der Waals surface area contributed by atoms with Crippen LogP contribution in [0.1, 0.15) is 44.6 Å². The summed E-state index contributed by atoms with van der Waals surface area (Å²) in [4.78, 5) is 13.2. The van der Waals surface area contributed by atoms with Gasteiger partial charge in [0.2, 0.25) is 5.91 Å². The van der Waals surface area contributed by atoms with Gasteiger partial charge in [0, 0.05) is 6.04 Å². The normalized spacial score (nSPS) is 26.7. The van der Waals surface area contributed by atoms with Gasteiger partial charge in [0.1, 0.15) is 5.75 Å². The van der Waals surface area contributed by atoms with Gasteiger partial charge in [-0.25, -0.2) is 0 Å². The van der Waals surface area contributed by atoms with E-state index >= 15 is 0 Å². The second-order valence-corrected chi connectivity index (χ2v) is 7.07. The van der Waals surface area contributed by atoms with Crippen LogP contribution in [0.25, 0.3) is 0 Å². The third kappa shape index (κ3) is 3.23. The first-order chi connectivity index (χ1) is 11.2. The van der Waals surface area contributed by atoms with Crippen molar-refractivity contribution in [2.45, 2.75) is 50.5 Å². The molecule has 23 heavy (non-hydrogen) atoms. The molecule has 1 amide bonds. The molecular weight excluding hydrogens is 288 g/mol. The van der Waals surface area contributed by atoms with E-state index in [9.17, 15) is 4.79 Å². The minimum Gasteiger partial charge on any atom is -0.497 e. The van der Waals surface area contributed by atoms with Gasteiger partial charge in [0.15, 0.2) is 0 Å². The standard InChI is InChI=1S/C19H28N2O2/c1-14-13-20-11-8-17(14)21-18(22)19(9-3-4-10-19)15-6-5-7-16(12-15)23-2/h5-7,12,14,17,20H,3-4,8-11,13H2,1-2H3,(H,21,22). The molecule has 0 bridgehead atoms. The second-order valence-electron chi connectivity index (χ2n) is 7.07. The van der Waals surface area contributed by atoms with Crippen molar-refractivity contribution in [1.29, 1.82) is 0 Å². The minimum atomic E-state index is -0.376. The lowest BCUT2D eigenvalue weighted by molar-refractivity contribution is -0.127. The molecule has 0 aromatic heterocycles. The zero-order valence-corrected chi connectivity index (χ0v) is 14.2. The molecular formula is C19H28N2O2. The number of rotatable bonds is 4. The highest BCUT2D eigenvalue weighted by molar-refractivity contribution is 5.89. The van der Waals surface area contributed by atoms with Gasteiger partial charge in [0.05, 0.1) is 12.5 Å². The molecule has 4 heteroatoms. The van der Waals surface area contributed by atoms with E-state index in [0.29, 0.717) is 5.92 Å². The van der Waals surface area contributed by atoms with Gasteiger partial charge >= 0.3 is 0 Å². The van der Waals surface area contributed by atoms with Crippen LogP contribution in [-0.2, 0) is 10.2 Å². The Morgan fingerprint density at radius 2 is 2.13 bits per heavy atom. The van der Waals surface area contributed by atoms with Crippen LogP contribution in [0.3, 0.4) is 0 Å². The van der Waals surface area contributed by atoms with E-state index in [4.69, 9.17) is 4.74 Å². The molecule has 1 aliphatic heterocycles. The highest BCUT2D eigenvalue weighted by Crippen LogP contribution is 2.42. The second kappa shape index (κ2) is 6.91. The lowest BCUT2D eigenvalue weighted by atomic mass is 9.77. The third-order valence-electron chi connectivity index (χ3n) is 5.62. The summed E-state index contributed by atoms with van der Waals surface area (Å²) in [5.41, 5.74) is 0.729. The van der Waals surface area contributed by atoms with E-state index in [-0.39, 0.29) is 17.4 Å². The molecule has 126 valence electrons. The lowest BCUT2D eigenvalue weighted by Crippen LogP contribution is -2.53. The van der Waals surface area contributed by atoms with Gasteiger partial charge in [-0.2, -0.15) is 0 Å². The number of nitrogens with one attached hydrogen (secondary N) is 2. The fraction of sp³-hybridized carbons (Fsp3) is 0.632. The van der Waals surface area contributed by atoms with E-state index < -0.39 is 0 Å². The van der Waals surface area contributed by atoms with Gasteiger partial charge in [-0.05, 0) is 56.0 Å². The molecule has 1 heterocycles. The van der Waals surface area contributed by atoms with E-state index in [0.717, 1.165) is 56.5 Å². The Morgan fingerprint density at radius 1 is 1.35 bits per heavy atom. The predicted molar refractivity (Wildman–Crippen MR) is 91.7 cm³/mol. The Bertz CT molecular complexity index is 552. The van der Waals surface area contributed by atoms with Crippen molar-refractivity contribution < 1.29 is 9.53 Å². The van der Waals surface area contributed by atoms with Crippen molar-refractivity contribution >= 4 is 5.91 Å². The SMILES string of the molecule is COc1cccc(C2(C(=O)NC3CCNCC3C)CCCC2)c1. The number of piperidine rings is 1. The largest absolute Gasteiger partial charge is 0.497 e. The number of hydrogen-bond acceptors (Lipinski definition) is 3. The maximum atomic E-state index is 13.2. The molecule has 2 N–H and O–H groups in total. The summed E-state index contributed by atoms with van der Waals surface area (Å²) in [5, 5.41) is 6.76. The minimum absolute atomic E-state index is 0.210. The van der Waals surface area contributed by atoms with Crippen molar-refractivity contribution in [3.8, 4) is 5.75 Å². The number of methoxy groups -OCH3 is 1. The molecule has 1 aromatic rings.